The van der Waals surface area contributed by atoms with E-state index in [9.17, 15) is 14.4 Å². The zero-order valence-corrected chi connectivity index (χ0v) is 15.7. The summed E-state index contributed by atoms with van der Waals surface area (Å²) < 4.78 is 5.16. The van der Waals surface area contributed by atoms with Gasteiger partial charge in [-0.3, -0.25) is 9.69 Å². The van der Waals surface area contributed by atoms with Gasteiger partial charge in [-0.25, -0.2) is 9.59 Å². The lowest BCUT2D eigenvalue weighted by Crippen LogP contribution is -2.40. The van der Waals surface area contributed by atoms with Crippen LogP contribution >= 0.6 is 0 Å². The Kier molecular flexibility index (Phi) is 4.34. The molecular formula is C20H22N2O5. The Labute approximate surface area is 157 Å². The van der Waals surface area contributed by atoms with Crippen LogP contribution in [0.2, 0.25) is 0 Å². The quantitative estimate of drug-likeness (QED) is 0.805. The van der Waals surface area contributed by atoms with E-state index in [1.807, 2.05) is 24.3 Å². The highest BCUT2D eigenvalue weighted by Crippen LogP contribution is 2.32. The van der Waals surface area contributed by atoms with Gasteiger partial charge in [0, 0.05) is 0 Å². The fourth-order valence-corrected chi connectivity index (χ4v) is 3.07. The lowest BCUT2D eigenvalue weighted by Gasteiger charge is -2.24. The molecule has 27 heavy (non-hydrogen) atoms. The first kappa shape index (κ1) is 18.7. The van der Waals surface area contributed by atoms with Crippen molar-refractivity contribution in [2.24, 2.45) is 0 Å². The lowest BCUT2D eigenvalue weighted by atomic mass is 9.84. The summed E-state index contributed by atoms with van der Waals surface area (Å²) in [5, 5.41) is 11.7. The van der Waals surface area contributed by atoms with Gasteiger partial charge in [-0.15, -0.1) is 0 Å². The minimum absolute atomic E-state index is 0.0183. The molecule has 1 atom stereocenters. The van der Waals surface area contributed by atoms with Gasteiger partial charge in [0.2, 0.25) is 5.76 Å². The van der Waals surface area contributed by atoms with Gasteiger partial charge >= 0.3 is 12.0 Å². The highest BCUT2D eigenvalue weighted by Gasteiger charge is 2.49. The van der Waals surface area contributed by atoms with Crippen molar-refractivity contribution in [1.82, 2.24) is 10.2 Å². The summed E-state index contributed by atoms with van der Waals surface area (Å²) in [5.41, 5.74) is 0.605. The molecule has 0 spiro atoms. The number of aromatic carboxylic acids is 1. The number of urea groups is 1. The number of benzene rings is 1. The third-order valence-corrected chi connectivity index (χ3v) is 4.79. The van der Waals surface area contributed by atoms with Crippen LogP contribution in [0.5, 0.6) is 0 Å². The highest BCUT2D eigenvalue weighted by atomic mass is 16.4. The van der Waals surface area contributed by atoms with Gasteiger partial charge in [-0.05, 0) is 35.6 Å². The maximum Gasteiger partial charge on any atom is 0.371 e. The average molecular weight is 370 g/mol. The summed E-state index contributed by atoms with van der Waals surface area (Å²) in [7, 11) is 0. The third-order valence-electron chi connectivity index (χ3n) is 4.79. The summed E-state index contributed by atoms with van der Waals surface area (Å²) in [6.07, 6.45) is 0. The number of carbonyl (C=O) groups excluding carboxylic acids is 2. The summed E-state index contributed by atoms with van der Waals surface area (Å²) >= 11 is 0. The predicted octanol–water partition coefficient (Wildman–Crippen LogP) is 3.24. The number of rotatable bonds is 4. The van der Waals surface area contributed by atoms with Crippen LogP contribution in [-0.2, 0) is 22.3 Å². The third kappa shape index (κ3) is 3.32. The number of nitrogens with one attached hydrogen (secondary N) is 1. The van der Waals surface area contributed by atoms with Crippen LogP contribution in [0.15, 0.2) is 40.8 Å². The van der Waals surface area contributed by atoms with Crippen LogP contribution in [0.3, 0.4) is 0 Å². The Morgan fingerprint density at radius 2 is 1.78 bits per heavy atom. The first-order valence-electron chi connectivity index (χ1n) is 8.59. The monoisotopic (exact) mass is 370 g/mol. The van der Waals surface area contributed by atoms with E-state index in [1.165, 1.54) is 12.1 Å². The molecule has 1 unspecified atom stereocenters. The van der Waals surface area contributed by atoms with Gasteiger partial charge in [0.25, 0.3) is 5.91 Å². The minimum Gasteiger partial charge on any atom is -0.475 e. The molecule has 1 aromatic heterocycles. The number of amides is 3. The van der Waals surface area contributed by atoms with E-state index in [1.54, 1.807) is 6.92 Å². The number of furan rings is 1. The maximum absolute atomic E-state index is 12.9. The van der Waals surface area contributed by atoms with Crippen molar-refractivity contribution in [2.45, 2.75) is 45.2 Å². The van der Waals surface area contributed by atoms with Crippen molar-refractivity contribution in [3.8, 4) is 0 Å². The Hall–Kier alpha value is -3.09. The second kappa shape index (κ2) is 6.26. The number of carbonyl (C=O) groups is 3. The second-order valence-electron chi connectivity index (χ2n) is 7.84. The smallest absolute Gasteiger partial charge is 0.371 e. The Morgan fingerprint density at radius 3 is 2.30 bits per heavy atom. The zero-order chi connectivity index (χ0) is 20.0. The number of nitrogens with zero attached hydrogens (tertiary/aromatic N) is 1. The number of hydrogen-bond donors (Lipinski definition) is 2. The molecule has 2 aromatic rings. The average Bonchev–Trinajstić information content (AvgIpc) is 3.14. The molecule has 1 aromatic carbocycles. The van der Waals surface area contributed by atoms with Crippen LogP contribution in [-0.4, -0.2) is 27.9 Å². The lowest BCUT2D eigenvalue weighted by molar-refractivity contribution is -0.131. The second-order valence-corrected chi connectivity index (χ2v) is 7.84. The molecule has 2 heterocycles. The van der Waals surface area contributed by atoms with E-state index in [0.717, 1.165) is 10.5 Å². The molecule has 1 aliphatic rings. The van der Waals surface area contributed by atoms with Crippen LogP contribution in [0, 0.1) is 0 Å². The molecule has 1 aliphatic heterocycles. The normalized spacial score (nSPS) is 20.1. The van der Waals surface area contributed by atoms with Gasteiger partial charge in [-0.2, -0.15) is 0 Å². The molecule has 7 nitrogen and oxygen atoms in total. The largest absolute Gasteiger partial charge is 0.475 e. The van der Waals surface area contributed by atoms with E-state index in [0.29, 0.717) is 5.56 Å². The zero-order valence-electron chi connectivity index (χ0n) is 15.7. The molecule has 3 rings (SSSR count). The van der Waals surface area contributed by atoms with E-state index in [-0.39, 0.29) is 23.5 Å². The summed E-state index contributed by atoms with van der Waals surface area (Å²) in [6.45, 7) is 7.83. The van der Waals surface area contributed by atoms with Crippen LogP contribution < -0.4 is 5.32 Å². The minimum atomic E-state index is -1.21. The molecule has 142 valence electrons. The van der Waals surface area contributed by atoms with Crippen molar-refractivity contribution >= 4 is 17.9 Å². The Morgan fingerprint density at radius 1 is 1.15 bits per heavy atom. The first-order valence-corrected chi connectivity index (χ1v) is 8.59. The molecular weight excluding hydrogens is 348 g/mol. The highest BCUT2D eigenvalue weighted by molar-refractivity contribution is 6.07. The Bertz CT molecular complexity index is 907. The first-order chi connectivity index (χ1) is 12.5. The number of hydrogen-bond acceptors (Lipinski definition) is 4. The molecule has 0 saturated carbocycles. The maximum atomic E-state index is 12.9. The summed E-state index contributed by atoms with van der Waals surface area (Å²) in [4.78, 5) is 37.3. The van der Waals surface area contributed by atoms with Crippen molar-refractivity contribution in [2.75, 3.05) is 0 Å². The standard InChI is InChI=1S/C20H22N2O5/c1-19(2,3)12-5-7-13(8-6-12)20(4)17(25)22(18(26)21-20)11-14-9-10-15(27-14)16(23)24/h5-10H,11H2,1-4H3,(H,21,26)(H,23,24). The van der Waals surface area contributed by atoms with Crippen molar-refractivity contribution in [3.63, 3.8) is 0 Å². The SMILES string of the molecule is CC(C)(C)c1ccc(C2(C)NC(=O)N(Cc3ccc(C(=O)O)o3)C2=O)cc1. The molecule has 3 amide bonds. The van der Waals surface area contributed by atoms with E-state index in [4.69, 9.17) is 9.52 Å². The molecule has 1 saturated heterocycles. The van der Waals surface area contributed by atoms with E-state index >= 15 is 0 Å². The summed E-state index contributed by atoms with van der Waals surface area (Å²) in [5.74, 6) is -1.63. The molecule has 7 heteroatoms. The van der Waals surface area contributed by atoms with Gasteiger partial charge in [0.1, 0.15) is 11.3 Å². The molecule has 1 fully saturated rings. The van der Waals surface area contributed by atoms with Gasteiger partial charge in [-0.1, -0.05) is 45.0 Å². The van der Waals surface area contributed by atoms with Crippen LogP contribution in [0.1, 0.15) is 55.1 Å². The van der Waals surface area contributed by atoms with Gasteiger partial charge < -0.3 is 14.8 Å². The fraction of sp³-hybridized carbons (Fsp3) is 0.350. The van der Waals surface area contributed by atoms with Crippen molar-refractivity contribution < 1.29 is 23.9 Å². The number of carboxylic acid groups (broad SMARTS) is 1. The predicted molar refractivity (Wildman–Crippen MR) is 97.2 cm³/mol. The molecule has 0 radical (unpaired) electrons. The topological polar surface area (TPSA) is 99.8 Å². The van der Waals surface area contributed by atoms with Crippen LogP contribution in [0.25, 0.3) is 0 Å². The van der Waals surface area contributed by atoms with Crippen LogP contribution in [0.4, 0.5) is 4.79 Å². The molecule has 0 aliphatic carbocycles. The molecule has 0 bridgehead atoms. The van der Waals surface area contributed by atoms with Crippen molar-refractivity contribution in [3.05, 3.63) is 59.0 Å². The van der Waals surface area contributed by atoms with Gasteiger partial charge in [0.05, 0.1) is 6.54 Å². The number of imide groups is 1. The van der Waals surface area contributed by atoms with E-state index in [2.05, 4.69) is 26.1 Å². The molecule has 2 N–H and O–H groups in total. The summed E-state index contributed by atoms with van der Waals surface area (Å²) in [6, 6.07) is 9.78. The van der Waals surface area contributed by atoms with Crippen molar-refractivity contribution in [1.29, 1.82) is 0 Å². The van der Waals surface area contributed by atoms with Gasteiger partial charge in [0.15, 0.2) is 0 Å². The van der Waals surface area contributed by atoms with E-state index < -0.39 is 23.4 Å². The Balaban J connectivity index is 1.84. The number of carboxylic acids is 1. The fourth-order valence-electron chi connectivity index (χ4n) is 3.07.